The van der Waals surface area contributed by atoms with Crippen molar-refractivity contribution < 1.29 is 4.74 Å². The number of ether oxygens (including phenoxy) is 1. The highest BCUT2D eigenvalue weighted by atomic mass is 35.5. The predicted molar refractivity (Wildman–Crippen MR) is 91.8 cm³/mol. The maximum absolute atomic E-state index is 6.25. The predicted octanol–water partition coefficient (Wildman–Crippen LogP) is 2.47. The Balaban J connectivity index is 1.50. The van der Waals surface area contributed by atoms with Crippen LogP contribution in [-0.2, 0) is 4.74 Å². The lowest BCUT2D eigenvalue weighted by Crippen LogP contribution is -2.60. The van der Waals surface area contributed by atoms with E-state index in [1.165, 1.54) is 25.9 Å². The molecule has 1 aromatic heterocycles. The molecule has 124 valence electrons. The van der Waals surface area contributed by atoms with Gasteiger partial charge in [0, 0.05) is 24.6 Å². The molecule has 2 saturated heterocycles. The van der Waals surface area contributed by atoms with Gasteiger partial charge in [0.05, 0.1) is 13.2 Å². The third-order valence-electron chi connectivity index (χ3n) is 5.36. The van der Waals surface area contributed by atoms with Crippen LogP contribution in [0.1, 0.15) is 25.1 Å². The van der Waals surface area contributed by atoms with Gasteiger partial charge in [-0.25, -0.2) is 9.97 Å². The van der Waals surface area contributed by atoms with E-state index in [1.807, 2.05) is 6.07 Å². The average Bonchev–Trinajstić information content (AvgIpc) is 2.54. The summed E-state index contributed by atoms with van der Waals surface area (Å²) in [6, 6.07) is 1.90. The van der Waals surface area contributed by atoms with Gasteiger partial charge in [0.2, 0.25) is 0 Å². The van der Waals surface area contributed by atoms with E-state index < -0.39 is 0 Å². The van der Waals surface area contributed by atoms with Gasteiger partial charge in [-0.15, -0.1) is 0 Å². The number of halogens is 1. The van der Waals surface area contributed by atoms with E-state index in [0.717, 1.165) is 43.3 Å². The summed E-state index contributed by atoms with van der Waals surface area (Å²) >= 11 is 6.25. The third kappa shape index (κ3) is 3.10. The van der Waals surface area contributed by atoms with Gasteiger partial charge in [-0.05, 0) is 45.0 Å². The number of likely N-dealkylation sites (tertiary alicyclic amines) is 1. The molecule has 3 aliphatic rings. The van der Waals surface area contributed by atoms with Crippen LogP contribution in [-0.4, -0.2) is 61.3 Å². The number of aromatic nitrogens is 2. The van der Waals surface area contributed by atoms with E-state index in [9.17, 15) is 0 Å². The van der Waals surface area contributed by atoms with Crippen LogP contribution < -0.4 is 4.90 Å². The van der Waals surface area contributed by atoms with Gasteiger partial charge < -0.3 is 14.5 Å². The van der Waals surface area contributed by atoms with E-state index in [0.29, 0.717) is 17.2 Å². The highest BCUT2D eigenvalue weighted by Crippen LogP contribution is 2.42. The van der Waals surface area contributed by atoms with Crippen molar-refractivity contribution in [3.8, 4) is 0 Å². The summed E-state index contributed by atoms with van der Waals surface area (Å²) in [6.45, 7) is 5.97. The van der Waals surface area contributed by atoms with Crippen LogP contribution in [0.25, 0.3) is 5.57 Å². The molecule has 1 aromatic rings. The largest absolute Gasteiger partial charge is 0.377 e. The fourth-order valence-electron chi connectivity index (χ4n) is 3.78. The molecular formula is C17H23ClN4O. The molecule has 3 aliphatic heterocycles. The SMILES string of the molecule is CN1CCC2(CC1)CN(c1cc(Cl)nc(C3=CCOCC3)n1)C2. The first-order valence-electron chi connectivity index (χ1n) is 8.39. The molecule has 0 bridgehead atoms. The van der Waals surface area contributed by atoms with Crippen molar-refractivity contribution in [1.82, 2.24) is 14.9 Å². The second kappa shape index (κ2) is 6.04. The lowest BCUT2D eigenvalue weighted by Gasteiger charge is -2.54. The first kappa shape index (κ1) is 15.4. The van der Waals surface area contributed by atoms with Crippen molar-refractivity contribution in [3.63, 3.8) is 0 Å². The number of rotatable bonds is 2. The quantitative estimate of drug-likeness (QED) is 0.777. The van der Waals surface area contributed by atoms with E-state index in [2.05, 4.69) is 27.9 Å². The smallest absolute Gasteiger partial charge is 0.159 e. The first-order chi connectivity index (χ1) is 11.1. The molecule has 0 saturated carbocycles. The molecule has 2 fully saturated rings. The minimum Gasteiger partial charge on any atom is -0.377 e. The first-order valence-corrected chi connectivity index (χ1v) is 8.77. The fourth-order valence-corrected chi connectivity index (χ4v) is 3.95. The average molecular weight is 335 g/mol. The maximum atomic E-state index is 6.25. The molecule has 4 heterocycles. The summed E-state index contributed by atoms with van der Waals surface area (Å²) in [7, 11) is 2.21. The van der Waals surface area contributed by atoms with Gasteiger partial charge in [0.1, 0.15) is 11.0 Å². The highest BCUT2D eigenvalue weighted by molar-refractivity contribution is 6.29. The second-order valence-corrected chi connectivity index (χ2v) is 7.47. The Morgan fingerprint density at radius 1 is 1.22 bits per heavy atom. The Morgan fingerprint density at radius 2 is 2.00 bits per heavy atom. The van der Waals surface area contributed by atoms with Crippen molar-refractivity contribution in [2.75, 3.05) is 51.3 Å². The zero-order valence-corrected chi connectivity index (χ0v) is 14.3. The van der Waals surface area contributed by atoms with Gasteiger partial charge >= 0.3 is 0 Å². The van der Waals surface area contributed by atoms with Gasteiger partial charge in [0.25, 0.3) is 0 Å². The van der Waals surface area contributed by atoms with Crippen molar-refractivity contribution in [1.29, 1.82) is 0 Å². The van der Waals surface area contributed by atoms with Crippen molar-refractivity contribution >= 4 is 23.0 Å². The number of nitrogens with zero attached hydrogens (tertiary/aromatic N) is 4. The van der Waals surface area contributed by atoms with E-state index >= 15 is 0 Å². The van der Waals surface area contributed by atoms with Crippen LogP contribution in [0.5, 0.6) is 0 Å². The molecule has 0 radical (unpaired) electrons. The Hall–Kier alpha value is -1.17. The van der Waals surface area contributed by atoms with Gasteiger partial charge in [-0.2, -0.15) is 0 Å². The second-order valence-electron chi connectivity index (χ2n) is 7.09. The van der Waals surface area contributed by atoms with E-state index in [1.54, 1.807) is 0 Å². The Morgan fingerprint density at radius 3 is 2.70 bits per heavy atom. The summed E-state index contributed by atoms with van der Waals surface area (Å²) in [6.07, 6.45) is 5.49. The monoisotopic (exact) mass is 334 g/mol. The van der Waals surface area contributed by atoms with Crippen molar-refractivity contribution in [3.05, 3.63) is 23.1 Å². The molecule has 0 unspecified atom stereocenters. The molecule has 4 rings (SSSR count). The van der Waals surface area contributed by atoms with E-state index in [-0.39, 0.29) is 0 Å². The van der Waals surface area contributed by atoms with Crippen LogP contribution in [0, 0.1) is 5.41 Å². The molecular weight excluding hydrogens is 312 g/mol. The zero-order chi connectivity index (χ0) is 15.9. The summed E-state index contributed by atoms with van der Waals surface area (Å²) in [5, 5.41) is 0.529. The minimum absolute atomic E-state index is 0.488. The maximum Gasteiger partial charge on any atom is 0.159 e. The van der Waals surface area contributed by atoms with Crippen LogP contribution in [0.2, 0.25) is 5.15 Å². The fraction of sp³-hybridized carbons (Fsp3) is 0.647. The molecule has 0 amide bonds. The standard InChI is InChI=1S/C17H23ClN4O/c1-21-6-4-17(5-7-21)11-22(12-17)15-10-14(18)19-16(20-15)13-2-8-23-9-3-13/h2,10H,3-9,11-12H2,1H3. The lowest BCUT2D eigenvalue weighted by molar-refractivity contribution is 0.0900. The van der Waals surface area contributed by atoms with Crippen LogP contribution in [0.3, 0.4) is 0 Å². The number of piperidine rings is 1. The Bertz CT molecular complexity index is 617. The van der Waals surface area contributed by atoms with Crippen molar-refractivity contribution in [2.24, 2.45) is 5.41 Å². The van der Waals surface area contributed by atoms with Gasteiger partial charge in [-0.1, -0.05) is 17.7 Å². The molecule has 5 nitrogen and oxygen atoms in total. The molecule has 23 heavy (non-hydrogen) atoms. The van der Waals surface area contributed by atoms with Crippen molar-refractivity contribution in [2.45, 2.75) is 19.3 Å². The third-order valence-corrected chi connectivity index (χ3v) is 5.55. The Kier molecular flexibility index (Phi) is 4.03. The molecule has 0 atom stereocenters. The molecule has 6 heteroatoms. The molecule has 0 aromatic carbocycles. The molecule has 0 N–H and O–H groups in total. The summed E-state index contributed by atoms with van der Waals surface area (Å²) < 4.78 is 5.37. The molecule has 0 aliphatic carbocycles. The highest BCUT2D eigenvalue weighted by Gasteiger charge is 2.45. The van der Waals surface area contributed by atoms with E-state index in [4.69, 9.17) is 21.3 Å². The Labute approximate surface area is 142 Å². The van der Waals surface area contributed by atoms with Crippen LogP contribution >= 0.6 is 11.6 Å². The number of hydrogen-bond acceptors (Lipinski definition) is 5. The zero-order valence-electron chi connectivity index (χ0n) is 13.6. The number of anilines is 1. The van der Waals surface area contributed by atoms with Gasteiger partial charge in [-0.3, -0.25) is 0 Å². The lowest BCUT2D eigenvalue weighted by atomic mass is 9.72. The topological polar surface area (TPSA) is 41.5 Å². The van der Waals surface area contributed by atoms with Crippen LogP contribution in [0.4, 0.5) is 5.82 Å². The molecule has 1 spiro atoms. The summed E-state index contributed by atoms with van der Waals surface area (Å²) in [4.78, 5) is 13.9. The van der Waals surface area contributed by atoms with Crippen LogP contribution in [0.15, 0.2) is 12.1 Å². The minimum atomic E-state index is 0.488. The normalized spacial score (nSPS) is 24.4. The van der Waals surface area contributed by atoms with Gasteiger partial charge in [0.15, 0.2) is 5.82 Å². The summed E-state index contributed by atoms with van der Waals surface area (Å²) in [5.41, 5.74) is 1.64. The summed E-state index contributed by atoms with van der Waals surface area (Å²) in [5.74, 6) is 1.73. The number of hydrogen-bond donors (Lipinski definition) is 0.